The normalized spacial score (nSPS) is 28.8. The molecule has 0 heterocycles. The van der Waals surface area contributed by atoms with E-state index in [1.807, 2.05) is 12.2 Å². The van der Waals surface area contributed by atoms with Gasteiger partial charge in [0.05, 0.1) is 5.41 Å². The van der Waals surface area contributed by atoms with Crippen LogP contribution in [0.25, 0.3) is 0 Å². The van der Waals surface area contributed by atoms with E-state index >= 15 is 0 Å². The molecule has 3 nitrogen and oxygen atoms in total. The second kappa shape index (κ2) is 3.72. The molecule has 3 heteroatoms. The van der Waals surface area contributed by atoms with E-state index in [0.717, 1.165) is 6.42 Å². The van der Waals surface area contributed by atoms with Crippen molar-refractivity contribution >= 4 is 5.97 Å². The highest BCUT2D eigenvalue weighted by molar-refractivity contribution is 5.75. The van der Waals surface area contributed by atoms with Crippen molar-refractivity contribution in [2.45, 2.75) is 25.7 Å². The second-order valence-electron chi connectivity index (χ2n) is 3.27. The summed E-state index contributed by atoms with van der Waals surface area (Å²) in [4.78, 5) is 10.9. The summed E-state index contributed by atoms with van der Waals surface area (Å²) < 4.78 is 0. The number of carboxylic acids is 1. The Bertz CT molecular complexity index is 198. The molecule has 0 aliphatic heterocycles. The van der Waals surface area contributed by atoms with Gasteiger partial charge in [0.15, 0.2) is 0 Å². The van der Waals surface area contributed by atoms with Gasteiger partial charge in [-0.1, -0.05) is 12.2 Å². The molecule has 12 heavy (non-hydrogen) atoms. The molecule has 0 aromatic heterocycles. The fourth-order valence-corrected chi connectivity index (χ4v) is 1.63. The van der Waals surface area contributed by atoms with Gasteiger partial charge in [0.1, 0.15) is 0 Å². The Morgan fingerprint density at radius 1 is 1.50 bits per heavy atom. The summed E-state index contributed by atoms with van der Waals surface area (Å²) in [5, 5.41) is 17.7. The van der Waals surface area contributed by atoms with E-state index in [1.54, 1.807) is 0 Å². The van der Waals surface area contributed by atoms with Crippen molar-refractivity contribution in [3.8, 4) is 0 Å². The predicted octanol–water partition coefficient (Wildman–Crippen LogP) is 1.18. The molecule has 0 fully saturated rings. The first-order valence-electron chi connectivity index (χ1n) is 4.20. The molecule has 0 saturated carbocycles. The fourth-order valence-electron chi connectivity index (χ4n) is 1.63. The maximum atomic E-state index is 10.9. The number of aliphatic hydroxyl groups is 1. The Morgan fingerprint density at radius 3 is 2.67 bits per heavy atom. The molecule has 1 atom stereocenters. The minimum atomic E-state index is -0.777. The molecule has 0 amide bonds. The van der Waals surface area contributed by atoms with Crippen LogP contribution < -0.4 is 0 Å². The monoisotopic (exact) mass is 170 g/mol. The quantitative estimate of drug-likeness (QED) is 0.625. The zero-order valence-corrected chi connectivity index (χ0v) is 6.99. The van der Waals surface area contributed by atoms with Crippen LogP contribution in [-0.4, -0.2) is 22.8 Å². The Morgan fingerprint density at radius 2 is 2.25 bits per heavy atom. The lowest BCUT2D eigenvalue weighted by atomic mass is 9.75. The number of allylic oxidation sites excluding steroid dienone is 2. The number of carboxylic acid groups (broad SMARTS) is 1. The Kier molecular flexibility index (Phi) is 2.87. The van der Waals surface area contributed by atoms with Crippen molar-refractivity contribution < 1.29 is 15.0 Å². The molecule has 0 radical (unpaired) electrons. The zero-order valence-electron chi connectivity index (χ0n) is 6.99. The number of rotatable bonds is 3. The van der Waals surface area contributed by atoms with Crippen LogP contribution in [0.15, 0.2) is 12.2 Å². The summed E-state index contributed by atoms with van der Waals surface area (Å²) in [5.74, 6) is -0.777. The van der Waals surface area contributed by atoms with Crippen LogP contribution in [0.2, 0.25) is 0 Å². The lowest BCUT2D eigenvalue weighted by Crippen LogP contribution is -2.32. The topological polar surface area (TPSA) is 57.5 Å². The second-order valence-corrected chi connectivity index (χ2v) is 3.27. The van der Waals surface area contributed by atoms with E-state index < -0.39 is 11.4 Å². The predicted molar refractivity (Wildman–Crippen MR) is 44.8 cm³/mol. The summed E-state index contributed by atoms with van der Waals surface area (Å²) in [6.07, 6.45) is 6.28. The largest absolute Gasteiger partial charge is 0.481 e. The molecule has 2 N–H and O–H groups in total. The molecule has 1 rings (SSSR count). The fraction of sp³-hybridized carbons (Fsp3) is 0.667. The van der Waals surface area contributed by atoms with E-state index in [0.29, 0.717) is 19.3 Å². The zero-order chi connectivity index (χ0) is 9.03. The summed E-state index contributed by atoms with van der Waals surface area (Å²) in [5.41, 5.74) is -0.691. The molecular formula is C9H14O3. The number of aliphatic hydroxyl groups excluding tert-OH is 1. The molecular weight excluding hydrogens is 156 g/mol. The minimum absolute atomic E-state index is 0.0415. The van der Waals surface area contributed by atoms with Crippen LogP contribution >= 0.6 is 0 Å². The Labute approximate surface area is 71.7 Å². The van der Waals surface area contributed by atoms with Gasteiger partial charge in [0.2, 0.25) is 0 Å². The molecule has 0 bridgehead atoms. The van der Waals surface area contributed by atoms with Crippen LogP contribution in [0.4, 0.5) is 0 Å². The van der Waals surface area contributed by atoms with E-state index in [-0.39, 0.29) is 6.61 Å². The molecule has 68 valence electrons. The van der Waals surface area contributed by atoms with Crippen LogP contribution in [-0.2, 0) is 4.79 Å². The molecule has 1 unspecified atom stereocenters. The SMILES string of the molecule is O=C(O)C1(CCO)CC=CCC1. The Balaban J connectivity index is 2.71. The number of carbonyl (C=O) groups is 1. The van der Waals surface area contributed by atoms with Crippen molar-refractivity contribution in [2.24, 2.45) is 5.41 Å². The molecule has 0 spiro atoms. The molecule has 0 aromatic carbocycles. The van der Waals surface area contributed by atoms with Crippen LogP contribution in [0.3, 0.4) is 0 Å². The summed E-state index contributed by atoms with van der Waals surface area (Å²) in [7, 11) is 0. The first kappa shape index (κ1) is 9.26. The van der Waals surface area contributed by atoms with Gasteiger partial charge in [0.25, 0.3) is 0 Å². The van der Waals surface area contributed by atoms with Gasteiger partial charge in [-0.05, 0) is 25.7 Å². The standard InChI is InChI=1S/C9H14O3/c10-7-6-9(8(11)12)4-2-1-3-5-9/h1-2,10H,3-7H2,(H,11,12). The third-order valence-corrected chi connectivity index (χ3v) is 2.51. The van der Waals surface area contributed by atoms with Gasteiger partial charge in [-0.25, -0.2) is 0 Å². The van der Waals surface area contributed by atoms with Gasteiger partial charge in [-0.15, -0.1) is 0 Å². The van der Waals surface area contributed by atoms with Gasteiger partial charge in [-0.3, -0.25) is 4.79 Å². The number of aliphatic carboxylic acids is 1. The summed E-state index contributed by atoms with van der Waals surface area (Å²) >= 11 is 0. The van der Waals surface area contributed by atoms with Gasteiger partial charge < -0.3 is 10.2 Å². The van der Waals surface area contributed by atoms with E-state index in [1.165, 1.54) is 0 Å². The highest BCUT2D eigenvalue weighted by atomic mass is 16.4. The highest BCUT2D eigenvalue weighted by Crippen LogP contribution is 2.36. The summed E-state index contributed by atoms with van der Waals surface area (Å²) in [6.45, 7) is -0.0415. The van der Waals surface area contributed by atoms with Crippen molar-refractivity contribution in [3.05, 3.63) is 12.2 Å². The summed E-state index contributed by atoms with van der Waals surface area (Å²) in [6, 6.07) is 0. The average molecular weight is 170 g/mol. The van der Waals surface area contributed by atoms with Crippen LogP contribution in [0.1, 0.15) is 25.7 Å². The maximum Gasteiger partial charge on any atom is 0.310 e. The smallest absolute Gasteiger partial charge is 0.310 e. The average Bonchev–Trinajstić information content (AvgIpc) is 2.06. The highest BCUT2D eigenvalue weighted by Gasteiger charge is 2.37. The van der Waals surface area contributed by atoms with Crippen LogP contribution in [0, 0.1) is 5.41 Å². The Hall–Kier alpha value is -0.830. The van der Waals surface area contributed by atoms with Gasteiger partial charge >= 0.3 is 5.97 Å². The first-order chi connectivity index (χ1) is 5.71. The van der Waals surface area contributed by atoms with E-state index in [4.69, 9.17) is 10.2 Å². The molecule has 1 aliphatic rings. The van der Waals surface area contributed by atoms with E-state index in [9.17, 15) is 4.79 Å². The lowest BCUT2D eigenvalue weighted by Gasteiger charge is -2.29. The van der Waals surface area contributed by atoms with Crippen molar-refractivity contribution in [3.63, 3.8) is 0 Å². The van der Waals surface area contributed by atoms with E-state index in [2.05, 4.69) is 0 Å². The lowest BCUT2D eigenvalue weighted by molar-refractivity contribution is -0.150. The van der Waals surface area contributed by atoms with Crippen LogP contribution in [0.5, 0.6) is 0 Å². The van der Waals surface area contributed by atoms with Crippen molar-refractivity contribution in [1.29, 1.82) is 0 Å². The molecule has 1 aliphatic carbocycles. The van der Waals surface area contributed by atoms with Gasteiger partial charge in [0, 0.05) is 6.61 Å². The first-order valence-corrected chi connectivity index (χ1v) is 4.20. The maximum absolute atomic E-state index is 10.9. The molecule has 0 aromatic rings. The van der Waals surface area contributed by atoms with Gasteiger partial charge in [-0.2, -0.15) is 0 Å². The molecule has 0 saturated heterocycles. The minimum Gasteiger partial charge on any atom is -0.481 e. The third-order valence-electron chi connectivity index (χ3n) is 2.51. The van der Waals surface area contributed by atoms with Crippen molar-refractivity contribution in [2.75, 3.05) is 6.61 Å². The van der Waals surface area contributed by atoms with Crippen molar-refractivity contribution in [1.82, 2.24) is 0 Å². The number of hydrogen-bond donors (Lipinski definition) is 2. The third kappa shape index (κ3) is 1.67. The number of hydrogen-bond acceptors (Lipinski definition) is 2.